The highest BCUT2D eigenvalue weighted by Crippen LogP contribution is 2.24. The lowest BCUT2D eigenvalue weighted by Gasteiger charge is -2.08. The van der Waals surface area contributed by atoms with Gasteiger partial charge in [0.1, 0.15) is 12.2 Å². The van der Waals surface area contributed by atoms with E-state index in [4.69, 9.17) is 18.0 Å². The molecule has 2 aromatic rings. The Hall–Kier alpha value is -1.29. The van der Waals surface area contributed by atoms with E-state index in [1.807, 2.05) is 11.4 Å². The Morgan fingerprint density at radius 3 is 3.05 bits per heavy atom. The molecule has 0 aliphatic rings. The second-order valence-electron chi connectivity index (χ2n) is 3.58. The number of rotatable bonds is 4. The summed E-state index contributed by atoms with van der Waals surface area (Å²) < 4.78 is 2.19. The minimum absolute atomic E-state index is 0.118. The summed E-state index contributed by atoms with van der Waals surface area (Å²) in [5.74, 6) is 2.37. The molecule has 19 heavy (non-hydrogen) atoms. The molecule has 0 aliphatic carbocycles. The number of aromatic nitrogens is 2. The van der Waals surface area contributed by atoms with E-state index >= 15 is 0 Å². The molecule has 1 N–H and O–H groups in total. The van der Waals surface area contributed by atoms with Crippen LogP contribution < -0.4 is 10.9 Å². The van der Waals surface area contributed by atoms with Gasteiger partial charge < -0.3 is 5.32 Å². The zero-order valence-corrected chi connectivity index (χ0v) is 12.8. The van der Waals surface area contributed by atoms with Crippen molar-refractivity contribution < 1.29 is 0 Å². The fraction of sp³-hybridized carbons (Fsp3) is 0.167. The molecule has 0 unspecified atom stereocenters. The molecular weight excluding hydrogens is 350 g/mol. The van der Waals surface area contributed by atoms with Crippen molar-refractivity contribution in [3.8, 4) is 12.3 Å². The summed E-state index contributed by atoms with van der Waals surface area (Å²) in [6.07, 6.45) is 6.59. The first-order valence-corrected chi connectivity index (χ1v) is 7.33. The molecule has 0 bridgehead atoms. The van der Waals surface area contributed by atoms with Gasteiger partial charge in [0.05, 0.1) is 17.8 Å². The molecule has 0 saturated heterocycles. The maximum atomic E-state index is 12.1. The first-order valence-electron chi connectivity index (χ1n) is 5.28. The molecule has 98 valence electrons. The zero-order valence-electron chi connectivity index (χ0n) is 9.69. The maximum Gasteiger partial charge on any atom is 0.292 e. The molecule has 4 nitrogen and oxygen atoms in total. The number of anilines is 1. The van der Waals surface area contributed by atoms with Gasteiger partial charge >= 0.3 is 0 Å². The lowest BCUT2D eigenvalue weighted by atomic mass is 10.4. The number of halogens is 2. The molecule has 2 heterocycles. The van der Waals surface area contributed by atoms with Gasteiger partial charge in [-0.05, 0) is 27.4 Å². The highest BCUT2D eigenvalue weighted by atomic mass is 79.9. The third-order valence-corrected chi connectivity index (χ3v) is 4.57. The zero-order chi connectivity index (χ0) is 13.8. The smallest absolute Gasteiger partial charge is 0.292 e. The number of thiophene rings is 1. The third kappa shape index (κ3) is 3.18. The summed E-state index contributed by atoms with van der Waals surface area (Å²) in [7, 11) is 0. The Labute approximate surface area is 127 Å². The number of nitrogens with zero attached hydrogens (tertiary/aromatic N) is 2. The first-order chi connectivity index (χ1) is 9.13. The van der Waals surface area contributed by atoms with Crippen molar-refractivity contribution in [1.29, 1.82) is 0 Å². The van der Waals surface area contributed by atoms with Crippen molar-refractivity contribution in [2.75, 3.05) is 5.32 Å². The van der Waals surface area contributed by atoms with Crippen LogP contribution in [0, 0.1) is 12.3 Å². The monoisotopic (exact) mass is 357 g/mol. The van der Waals surface area contributed by atoms with E-state index in [0.717, 1.165) is 9.35 Å². The predicted octanol–water partition coefficient (Wildman–Crippen LogP) is 2.97. The number of hydrogen-bond acceptors (Lipinski definition) is 4. The quantitative estimate of drug-likeness (QED) is 0.855. The van der Waals surface area contributed by atoms with E-state index in [9.17, 15) is 4.79 Å². The van der Waals surface area contributed by atoms with E-state index in [0.29, 0.717) is 12.2 Å². The highest BCUT2D eigenvalue weighted by molar-refractivity contribution is 9.10. The van der Waals surface area contributed by atoms with Crippen molar-refractivity contribution in [2.45, 2.75) is 13.1 Å². The van der Waals surface area contributed by atoms with Crippen LogP contribution in [0.4, 0.5) is 5.69 Å². The lowest BCUT2D eigenvalue weighted by Crippen LogP contribution is -2.25. The summed E-state index contributed by atoms with van der Waals surface area (Å²) in [5.41, 5.74) is -0.00894. The molecule has 7 heteroatoms. The molecule has 0 aliphatic heterocycles. The van der Waals surface area contributed by atoms with Gasteiger partial charge in [-0.3, -0.25) is 4.79 Å². The summed E-state index contributed by atoms with van der Waals surface area (Å²) in [6, 6.07) is 1.95. The summed E-state index contributed by atoms with van der Waals surface area (Å²) in [4.78, 5) is 13.2. The fourth-order valence-corrected chi connectivity index (χ4v) is 3.07. The van der Waals surface area contributed by atoms with Gasteiger partial charge in [0, 0.05) is 9.35 Å². The van der Waals surface area contributed by atoms with Gasteiger partial charge in [-0.25, -0.2) is 4.68 Å². The summed E-state index contributed by atoms with van der Waals surface area (Å²) in [5, 5.41) is 9.15. The van der Waals surface area contributed by atoms with E-state index in [1.54, 1.807) is 11.3 Å². The molecule has 2 aromatic heterocycles. The second kappa shape index (κ2) is 6.24. The Bertz CT molecular complexity index is 689. The van der Waals surface area contributed by atoms with Crippen LogP contribution >= 0.6 is 38.9 Å². The first kappa shape index (κ1) is 14.1. The Kier molecular flexibility index (Phi) is 4.64. The minimum atomic E-state index is -0.321. The predicted molar refractivity (Wildman–Crippen MR) is 81.7 cm³/mol. The van der Waals surface area contributed by atoms with Crippen LogP contribution in [0.1, 0.15) is 4.88 Å². The van der Waals surface area contributed by atoms with Crippen LogP contribution in [0.15, 0.2) is 26.9 Å². The van der Waals surface area contributed by atoms with Crippen molar-refractivity contribution in [3.05, 3.63) is 42.4 Å². The van der Waals surface area contributed by atoms with E-state index in [-0.39, 0.29) is 17.1 Å². The fourth-order valence-electron chi connectivity index (χ4n) is 1.45. The van der Waals surface area contributed by atoms with E-state index in [2.05, 4.69) is 32.3 Å². The van der Waals surface area contributed by atoms with Gasteiger partial charge in [0.15, 0.2) is 0 Å². The van der Waals surface area contributed by atoms with Crippen LogP contribution in [0.5, 0.6) is 0 Å². The Morgan fingerprint density at radius 1 is 1.63 bits per heavy atom. The van der Waals surface area contributed by atoms with Crippen molar-refractivity contribution in [3.63, 3.8) is 0 Å². The summed E-state index contributed by atoms with van der Waals surface area (Å²) >= 11 is 11.0. The third-order valence-electron chi connectivity index (χ3n) is 2.36. The van der Waals surface area contributed by atoms with Crippen LogP contribution in [0.2, 0.25) is 5.02 Å². The Balaban J connectivity index is 2.25. The molecule has 0 saturated carbocycles. The molecule has 0 aromatic carbocycles. The van der Waals surface area contributed by atoms with Crippen molar-refractivity contribution in [1.82, 2.24) is 9.78 Å². The van der Waals surface area contributed by atoms with Crippen molar-refractivity contribution >= 4 is 44.6 Å². The van der Waals surface area contributed by atoms with Gasteiger partial charge in [-0.15, -0.1) is 17.8 Å². The van der Waals surface area contributed by atoms with Gasteiger partial charge in [-0.1, -0.05) is 17.5 Å². The van der Waals surface area contributed by atoms with Crippen LogP contribution in [-0.2, 0) is 13.1 Å². The molecule has 0 radical (unpaired) electrons. The van der Waals surface area contributed by atoms with Gasteiger partial charge in [0.25, 0.3) is 5.56 Å². The molecule has 0 fully saturated rings. The average molecular weight is 359 g/mol. The molecule has 0 amide bonds. The van der Waals surface area contributed by atoms with Crippen molar-refractivity contribution in [2.24, 2.45) is 0 Å². The molecular formula is C12H9BrClN3OS. The number of nitrogens with one attached hydrogen (secondary N) is 1. The largest absolute Gasteiger partial charge is 0.374 e. The SMILES string of the molecule is C#CCn1ncc(Cl)c(NCc2sccc2Br)c1=O. The normalized spacial score (nSPS) is 10.2. The number of hydrogen-bond donors (Lipinski definition) is 1. The molecule has 0 atom stereocenters. The van der Waals surface area contributed by atoms with Gasteiger partial charge in [-0.2, -0.15) is 5.10 Å². The Morgan fingerprint density at radius 2 is 2.42 bits per heavy atom. The maximum absolute atomic E-state index is 12.1. The molecule has 0 spiro atoms. The highest BCUT2D eigenvalue weighted by Gasteiger charge is 2.10. The number of terminal acetylenes is 1. The standard InChI is InChI=1S/C12H9BrClN3OS/c1-2-4-17-12(18)11(9(14)6-16-17)15-7-10-8(13)3-5-19-10/h1,3,5-6,15H,4,7H2. The second-order valence-corrected chi connectivity index (χ2v) is 5.84. The average Bonchev–Trinajstić information content (AvgIpc) is 2.79. The van der Waals surface area contributed by atoms with Crippen LogP contribution in [-0.4, -0.2) is 9.78 Å². The van der Waals surface area contributed by atoms with Crippen LogP contribution in [0.25, 0.3) is 0 Å². The molecule has 2 rings (SSSR count). The lowest BCUT2D eigenvalue weighted by molar-refractivity contribution is 0.664. The topological polar surface area (TPSA) is 46.9 Å². The minimum Gasteiger partial charge on any atom is -0.374 e. The van der Waals surface area contributed by atoms with E-state index in [1.165, 1.54) is 10.9 Å². The van der Waals surface area contributed by atoms with E-state index < -0.39 is 0 Å². The van der Waals surface area contributed by atoms with Crippen LogP contribution in [0.3, 0.4) is 0 Å². The summed E-state index contributed by atoms with van der Waals surface area (Å²) in [6.45, 7) is 0.626. The van der Waals surface area contributed by atoms with Gasteiger partial charge in [0.2, 0.25) is 0 Å².